The topological polar surface area (TPSA) is 39.1 Å². The Hall–Kier alpha value is -1.60. The molecule has 0 bridgehead atoms. The number of hydrogen-bond donors (Lipinski definition) is 1. The molecule has 0 radical (unpaired) electrons. The van der Waals surface area contributed by atoms with E-state index in [1.54, 1.807) is 6.07 Å². The third-order valence-electron chi connectivity index (χ3n) is 3.55. The first-order valence-corrected chi connectivity index (χ1v) is 6.81. The summed E-state index contributed by atoms with van der Waals surface area (Å²) in [6.45, 7) is 6.09. The maximum absolute atomic E-state index is 13.6. The normalized spacial score (nSPS) is 18.6. The van der Waals surface area contributed by atoms with Gasteiger partial charge in [0.2, 0.25) is 0 Å². The summed E-state index contributed by atoms with van der Waals surface area (Å²) in [4.78, 5) is 2.16. The van der Waals surface area contributed by atoms with Crippen LogP contribution in [0.1, 0.15) is 32.3 Å². The van der Waals surface area contributed by atoms with Gasteiger partial charge in [-0.2, -0.15) is 5.26 Å². The van der Waals surface area contributed by atoms with E-state index in [0.29, 0.717) is 11.6 Å². The zero-order chi connectivity index (χ0) is 13.8. The zero-order valence-corrected chi connectivity index (χ0v) is 11.5. The fraction of sp³-hybridized carbons (Fsp3) is 0.533. The molecule has 1 aromatic carbocycles. The monoisotopic (exact) mass is 261 g/mol. The van der Waals surface area contributed by atoms with Gasteiger partial charge in [0.05, 0.1) is 11.6 Å². The number of hydrogen-bond acceptors (Lipinski definition) is 3. The molecule has 2 rings (SSSR count). The smallest absolute Gasteiger partial charge is 0.126 e. The van der Waals surface area contributed by atoms with Crippen LogP contribution in [0.3, 0.4) is 0 Å². The predicted molar refractivity (Wildman–Crippen MR) is 74.6 cm³/mol. The van der Waals surface area contributed by atoms with Crippen molar-refractivity contribution in [2.45, 2.75) is 38.8 Å². The second kappa shape index (κ2) is 6.03. The van der Waals surface area contributed by atoms with Crippen LogP contribution in [0.5, 0.6) is 0 Å². The van der Waals surface area contributed by atoms with Gasteiger partial charge in [0, 0.05) is 24.3 Å². The van der Waals surface area contributed by atoms with Gasteiger partial charge in [-0.25, -0.2) is 4.39 Å². The number of rotatable bonds is 4. The van der Waals surface area contributed by atoms with Gasteiger partial charge in [0.25, 0.3) is 0 Å². The van der Waals surface area contributed by atoms with Gasteiger partial charge in [-0.3, -0.25) is 0 Å². The SMILES string of the molecule is CC(C)N(CC1CCCN1)c1cc(F)cc(C#N)c1. The van der Waals surface area contributed by atoms with E-state index in [0.717, 1.165) is 25.2 Å². The molecule has 102 valence electrons. The average molecular weight is 261 g/mol. The van der Waals surface area contributed by atoms with Gasteiger partial charge in [0.15, 0.2) is 0 Å². The van der Waals surface area contributed by atoms with Crippen LogP contribution in [0.15, 0.2) is 18.2 Å². The molecule has 0 aromatic heterocycles. The summed E-state index contributed by atoms with van der Waals surface area (Å²) >= 11 is 0. The Labute approximate surface area is 114 Å². The van der Waals surface area contributed by atoms with Crippen molar-refractivity contribution in [2.24, 2.45) is 0 Å². The van der Waals surface area contributed by atoms with Crippen molar-refractivity contribution in [1.82, 2.24) is 5.32 Å². The number of anilines is 1. The molecule has 1 aromatic rings. The van der Waals surface area contributed by atoms with Gasteiger partial charge in [0.1, 0.15) is 5.82 Å². The number of nitrogens with zero attached hydrogens (tertiary/aromatic N) is 2. The molecule has 1 saturated heterocycles. The van der Waals surface area contributed by atoms with Crippen LogP contribution < -0.4 is 10.2 Å². The summed E-state index contributed by atoms with van der Waals surface area (Å²) < 4.78 is 13.6. The van der Waals surface area contributed by atoms with E-state index in [1.807, 2.05) is 6.07 Å². The first kappa shape index (κ1) is 13.8. The summed E-state index contributed by atoms with van der Waals surface area (Å²) in [6.07, 6.45) is 2.35. The Morgan fingerprint density at radius 2 is 2.26 bits per heavy atom. The molecule has 0 amide bonds. The van der Waals surface area contributed by atoms with Gasteiger partial charge in [-0.1, -0.05) is 0 Å². The first-order chi connectivity index (χ1) is 9.10. The molecular weight excluding hydrogens is 241 g/mol. The number of nitriles is 1. The van der Waals surface area contributed by atoms with E-state index in [4.69, 9.17) is 5.26 Å². The van der Waals surface area contributed by atoms with Crippen LogP contribution >= 0.6 is 0 Å². The Morgan fingerprint density at radius 1 is 1.47 bits per heavy atom. The minimum absolute atomic E-state index is 0.274. The third-order valence-corrected chi connectivity index (χ3v) is 3.55. The highest BCUT2D eigenvalue weighted by atomic mass is 19.1. The molecule has 1 atom stereocenters. The van der Waals surface area contributed by atoms with E-state index in [9.17, 15) is 4.39 Å². The first-order valence-electron chi connectivity index (χ1n) is 6.81. The average Bonchev–Trinajstić information content (AvgIpc) is 2.87. The largest absolute Gasteiger partial charge is 0.367 e. The molecule has 1 fully saturated rings. The molecule has 0 spiro atoms. The molecule has 1 unspecified atom stereocenters. The molecule has 1 aliphatic heterocycles. The fourth-order valence-electron chi connectivity index (χ4n) is 2.57. The summed E-state index contributed by atoms with van der Waals surface area (Å²) in [6, 6.07) is 7.29. The Kier molecular flexibility index (Phi) is 4.39. The lowest BCUT2D eigenvalue weighted by atomic mass is 10.1. The highest BCUT2D eigenvalue weighted by Crippen LogP contribution is 2.22. The van der Waals surface area contributed by atoms with Crippen molar-refractivity contribution in [1.29, 1.82) is 5.26 Å². The molecule has 1 N–H and O–H groups in total. The van der Waals surface area contributed by atoms with Crippen LogP contribution in [-0.2, 0) is 0 Å². The Morgan fingerprint density at radius 3 is 2.84 bits per heavy atom. The molecule has 1 aliphatic rings. The van der Waals surface area contributed by atoms with E-state index < -0.39 is 0 Å². The van der Waals surface area contributed by atoms with Gasteiger partial charge in [-0.15, -0.1) is 0 Å². The van der Waals surface area contributed by atoms with Crippen LogP contribution in [0.25, 0.3) is 0 Å². The summed E-state index contributed by atoms with van der Waals surface area (Å²) in [7, 11) is 0. The molecule has 19 heavy (non-hydrogen) atoms. The van der Waals surface area contributed by atoms with Crippen molar-refractivity contribution in [3.63, 3.8) is 0 Å². The molecule has 3 nitrogen and oxygen atoms in total. The van der Waals surface area contributed by atoms with Crippen molar-refractivity contribution in [2.75, 3.05) is 18.0 Å². The lowest BCUT2D eigenvalue weighted by molar-refractivity contribution is 0.550. The van der Waals surface area contributed by atoms with Crippen molar-refractivity contribution < 1.29 is 4.39 Å². The van der Waals surface area contributed by atoms with Gasteiger partial charge in [-0.05, 0) is 51.4 Å². The number of benzene rings is 1. The zero-order valence-electron chi connectivity index (χ0n) is 11.5. The standard InChI is InChI=1S/C15H20FN3/c1-11(2)19(10-14-4-3-5-18-14)15-7-12(9-17)6-13(16)8-15/h6-8,11,14,18H,3-5,10H2,1-2H3. The Balaban J connectivity index is 2.22. The molecule has 0 aliphatic carbocycles. The number of nitrogens with one attached hydrogen (secondary N) is 1. The Bertz CT molecular complexity index is 473. The third kappa shape index (κ3) is 3.45. The maximum atomic E-state index is 13.6. The molecule has 1 heterocycles. The van der Waals surface area contributed by atoms with Crippen LogP contribution in [0.2, 0.25) is 0 Å². The second-order valence-corrected chi connectivity index (χ2v) is 5.35. The van der Waals surface area contributed by atoms with Gasteiger partial charge >= 0.3 is 0 Å². The highest BCUT2D eigenvalue weighted by molar-refractivity contribution is 5.52. The molecular formula is C15H20FN3. The molecule has 0 saturated carbocycles. The van der Waals surface area contributed by atoms with Crippen molar-refractivity contribution in [3.8, 4) is 6.07 Å². The highest BCUT2D eigenvalue weighted by Gasteiger charge is 2.20. The van der Waals surface area contributed by atoms with Crippen LogP contribution in [0.4, 0.5) is 10.1 Å². The van der Waals surface area contributed by atoms with Crippen LogP contribution in [0, 0.1) is 17.1 Å². The minimum atomic E-state index is -0.348. The lowest BCUT2D eigenvalue weighted by Gasteiger charge is -2.31. The summed E-state index contributed by atoms with van der Waals surface area (Å²) in [5.74, 6) is -0.348. The fourth-order valence-corrected chi connectivity index (χ4v) is 2.57. The second-order valence-electron chi connectivity index (χ2n) is 5.35. The summed E-state index contributed by atoms with van der Waals surface area (Å²) in [5, 5.41) is 12.4. The van der Waals surface area contributed by atoms with Gasteiger partial charge < -0.3 is 10.2 Å². The predicted octanol–water partition coefficient (Wildman–Crippen LogP) is 2.66. The number of halogens is 1. The van der Waals surface area contributed by atoms with Crippen LogP contribution in [-0.4, -0.2) is 25.2 Å². The van der Waals surface area contributed by atoms with Crippen molar-refractivity contribution in [3.05, 3.63) is 29.6 Å². The van der Waals surface area contributed by atoms with Crippen molar-refractivity contribution >= 4 is 5.69 Å². The van der Waals surface area contributed by atoms with E-state index in [2.05, 4.69) is 24.1 Å². The quantitative estimate of drug-likeness (QED) is 0.905. The lowest BCUT2D eigenvalue weighted by Crippen LogP contribution is -2.41. The summed E-state index contributed by atoms with van der Waals surface area (Å²) in [5.41, 5.74) is 1.17. The van der Waals surface area contributed by atoms with E-state index in [1.165, 1.54) is 18.6 Å². The maximum Gasteiger partial charge on any atom is 0.126 e. The minimum Gasteiger partial charge on any atom is -0.367 e. The van der Waals surface area contributed by atoms with E-state index >= 15 is 0 Å². The van der Waals surface area contributed by atoms with E-state index in [-0.39, 0.29) is 11.9 Å². The molecule has 4 heteroatoms.